The first-order valence-corrected chi connectivity index (χ1v) is 11.5. The Balaban J connectivity index is 1.47. The fraction of sp³-hybridized carbons (Fsp3) is 0.200. The van der Waals surface area contributed by atoms with E-state index in [9.17, 15) is 4.79 Å². The van der Waals surface area contributed by atoms with Crippen LogP contribution in [-0.2, 0) is 4.74 Å². The first kappa shape index (κ1) is 20.2. The zero-order valence-corrected chi connectivity index (χ0v) is 18.4. The van der Waals surface area contributed by atoms with Crippen LogP contribution in [0.1, 0.15) is 23.2 Å². The van der Waals surface area contributed by atoms with Gasteiger partial charge in [-0.2, -0.15) is 0 Å². The van der Waals surface area contributed by atoms with Crippen LogP contribution >= 0.6 is 22.9 Å². The lowest BCUT2D eigenvalue weighted by Crippen LogP contribution is -2.37. The highest BCUT2D eigenvalue weighted by Gasteiger charge is 2.27. The second kappa shape index (κ2) is 8.79. The normalized spacial score (nSPS) is 16.0. The van der Waals surface area contributed by atoms with E-state index in [2.05, 4.69) is 12.1 Å². The van der Waals surface area contributed by atoms with Gasteiger partial charge in [0.05, 0.1) is 22.9 Å². The third-order valence-electron chi connectivity index (χ3n) is 5.46. The van der Waals surface area contributed by atoms with Crippen molar-refractivity contribution in [3.8, 4) is 11.1 Å². The van der Waals surface area contributed by atoms with Gasteiger partial charge in [0, 0.05) is 17.2 Å². The molecule has 0 N–H and O–H groups in total. The average Bonchev–Trinajstić information content (AvgIpc) is 3.47. The largest absolute Gasteiger partial charge is 0.376 e. The van der Waals surface area contributed by atoms with E-state index in [-0.39, 0.29) is 12.0 Å². The Hall–Kier alpha value is -2.73. The molecule has 0 bridgehead atoms. The van der Waals surface area contributed by atoms with Crippen LogP contribution in [0, 0.1) is 0 Å². The number of ether oxygens (including phenoxy) is 1. The highest BCUT2D eigenvalue weighted by atomic mass is 35.5. The lowest BCUT2D eigenvalue weighted by Gasteiger charge is -2.23. The van der Waals surface area contributed by atoms with Gasteiger partial charge >= 0.3 is 0 Å². The summed E-state index contributed by atoms with van der Waals surface area (Å²) < 4.78 is 6.79. The molecule has 1 aliphatic rings. The third kappa shape index (κ3) is 4.35. The molecule has 4 aromatic rings. The van der Waals surface area contributed by atoms with Crippen molar-refractivity contribution in [1.82, 2.24) is 4.98 Å². The summed E-state index contributed by atoms with van der Waals surface area (Å²) in [6, 6.07) is 23.5. The molecule has 156 valence electrons. The number of benzene rings is 3. The van der Waals surface area contributed by atoms with Gasteiger partial charge in [0.2, 0.25) is 0 Å². The Kier molecular flexibility index (Phi) is 5.72. The highest BCUT2D eigenvalue weighted by molar-refractivity contribution is 7.22. The van der Waals surface area contributed by atoms with E-state index in [4.69, 9.17) is 21.3 Å². The van der Waals surface area contributed by atoms with Crippen LogP contribution in [0.4, 0.5) is 5.13 Å². The van der Waals surface area contributed by atoms with Gasteiger partial charge in [0.1, 0.15) is 0 Å². The summed E-state index contributed by atoms with van der Waals surface area (Å²) in [5.74, 6) is -0.0692. The van der Waals surface area contributed by atoms with Gasteiger partial charge in [-0.15, -0.1) is 0 Å². The predicted octanol–water partition coefficient (Wildman–Crippen LogP) is 6.44. The van der Waals surface area contributed by atoms with Crippen molar-refractivity contribution in [1.29, 1.82) is 0 Å². The van der Waals surface area contributed by atoms with E-state index in [1.807, 2.05) is 60.7 Å². The van der Waals surface area contributed by atoms with Gasteiger partial charge < -0.3 is 4.74 Å². The summed E-state index contributed by atoms with van der Waals surface area (Å²) in [6.07, 6.45) is 2.00. The summed E-state index contributed by atoms with van der Waals surface area (Å²) in [5.41, 5.74) is 3.68. The molecule has 1 atom stereocenters. The zero-order chi connectivity index (χ0) is 21.2. The lowest BCUT2D eigenvalue weighted by molar-refractivity contribution is 0.0917. The number of amides is 1. The first-order valence-electron chi connectivity index (χ1n) is 10.3. The van der Waals surface area contributed by atoms with E-state index >= 15 is 0 Å². The quantitative estimate of drug-likeness (QED) is 0.352. The molecule has 3 aromatic carbocycles. The number of aromatic nitrogens is 1. The molecule has 5 rings (SSSR count). The molecule has 1 fully saturated rings. The standard InChI is InChI=1S/C25H21ClN2O2S/c26-20-12-13-22-23(15-20)31-25(27-22)28(16-21-7-4-14-30-21)24(29)19-10-8-18(9-11-19)17-5-2-1-3-6-17/h1-3,5-6,8-13,15,21H,4,7,14,16H2. The maximum Gasteiger partial charge on any atom is 0.260 e. The SMILES string of the molecule is O=C(c1ccc(-c2ccccc2)cc1)N(CC1CCCO1)c1nc2ccc(Cl)cc2s1. The summed E-state index contributed by atoms with van der Waals surface area (Å²) >= 11 is 7.63. The Bertz CT molecular complexity index is 1200. The van der Waals surface area contributed by atoms with Gasteiger partial charge in [0.25, 0.3) is 5.91 Å². The summed E-state index contributed by atoms with van der Waals surface area (Å²) in [6.45, 7) is 1.24. The molecule has 4 nitrogen and oxygen atoms in total. The fourth-order valence-electron chi connectivity index (χ4n) is 3.83. The second-order valence-electron chi connectivity index (χ2n) is 7.60. The number of carbonyl (C=O) groups is 1. The summed E-state index contributed by atoms with van der Waals surface area (Å²) in [4.78, 5) is 20.0. The number of thiazole rings is 1. The molecule has 1 aromatic heterocycles. The van der Waals surface area contributed by atoms with E-state index < -0.39 is 0 Å². The monoisotopic (exact) mass is 448 g/mol. The summed E-state index contributed by atoms with van der Waals surface area (Å²) in [7, 11) is 0. The lowest BCUT2D eigenvalue weighted by atomic mass is 10.0. The first-order chi connectivity index (χ1) is 15.2. The minimum atomic E-state index is -0.0692. The van der Waals surface area contributed by atoms with Gasteiger partial charge in [0.15, 0.2) is 5.13 Å². The Labute approximate surface area is 190 Å². The smallest absolute Gasteiger partial charge is 0.260 e. The zero-order valence-electron chi connectivity index (χ0n) is 16.8. The van der Waals surface area contributed by atoms with Crippen molar-refractivity contribution < 1.29 is 9.53 Å². The van der Waals surface area contributed by atoms with Gasteiger partial charge in [-0.3, -0.25) is 9.69 Å². The minimum Gasteiger partial charge on any atom is -0.376 e. The van der Waals surface area contributed by atoms with Crippen molar-refractivity contribution in [3.05, 3.63) is 83.4 Å². The number of hydrogen-bond acceptors (Lipinski definition) is 4. The molecule has 1 aliphatic heterocycles. The molecule has 31 heavy (non-hydrogen) atoms. The summed E-state index contributed by atoms with van der Waals surface area (Å²) in [5, 5.41) is 1.33. The average molecular weight is 449 g/mol. The van der Waals surface area contributed by atoms with Gasteiger partial charge in [-0.05, 0) is 54.3 Å². The van der Waals surface area contributed by atoms with Crippen LogP contribution in [0.15, 0.2) is 72.8 Å². The Morgan fingerprint density at radius 1 is 1.06 bits per heavy atom. The van der Waals surface area contributed by atoms with Crippen molar-refractivity contribution in [2.45, 2.75) is 18.9 Å². The minimum absolute atomic E-state index is 0.0307. The van der Waals surface area contributed by atoms with E-state index in [0.717, 1.165) is 40.8 Å². The van der Waals surface area contributed by atoms with E-state index in [0.29, 0.717) is 22.3 Å². The molecular formula is C25H21ClN2O2S. The Morgan fingerprint density at radius 3 is 2.58 bits per heavy atom. The van der Waals surface area contributed by atoms with E-state index in [1.165, 1.54) is 11.3 Å². The second-order valence-corrected chi connectivity index (χ2v) is 9.05. The van der Waals surface area contributed by atoms with Crippen LogP contribution < -0.4 is 4.90 Å². The molecule has 1 saturated heterocycles. The maximum atomic E-state index is 13.5. The topological polar surface area (TPSA) is 42.4 Å². The number of nitrogens with zero attached hydrogens (tertiary/aromatic N) is 2. The molecule has 6 heteroatoms. The number of hydrogen-bond donors (Lipinski definition) is 0. The maximum absolute atomic E-state index is 13.5. The molecule has 0 radical (unpaired) electrons. The fourth-order valence-corrected chi connectivity index (χ4v) is 5.08. The Morgan fingerprint density at radius 2 is 1.84 bits per heavy atom. The number of carbonyl (C=O) groups excluding carboxylic acids is 1. The predicted molar refractivity (Wildman–Crippen MR) is 127 cm³/mol. The van der Waals surface area contributed by atoms with Crippen LogP contribution in [0.2, 0.25) is 5.02 Å². The van der Waals surface area contributed by atoms with Crippen LogP contribution in [-0.4, -0.2) is 30.1 Å². The third-order valence-corrected chi connectivity index (χ3v) is 6.74. The van der Waals surface area contributed by atoms with Crippen LogP contribution in [0.25, 0.3) is 21.3 Å². The van der Waals surface area contributed by atoms with Gasteiger partial charge in [-0.25, -0.2) is 4.98 Å². The van der Waals surface area contributed by atoms with Crippen molar-refractivity contribution >= 4 is 44.2 Å². The van der Waals surface area contributed by atoms with Crippen molar-refractivity contribution in [2.75, 3.05) is 18.1 Å². The molecule has 2 heterocycles. The number of fused-ring (bicyclic) bond motifs is 1. The van der Waals surface area contributed by atoms with E-state index in [1.54, 1.807) is 4.90 Å². The molecule has 0 aliphatic carbocycles. The van der Waals surface area contributed by atoms with Gasteiger partial charge in [-0.1, -0.05) is 65.4 Å². The van der Waals surface area contributed by atoms with Crippen LogP contribution in [0.5, 0.6) is 0 Å². The van der Waals surface area contributed by atoms with Crippen molar-refractivity contribution in [2.24, 2.45) is 0 Å². The molecule has 1 unspecified atom stereocenters. The molecule has 0 spiro atoms. The van der Waals surface area contributed by atoms with Crippen molar-refractivity contribution in [3.63, 3.8) is 0 Å². The molecule has 1 amide bonds. The molecule has 0 saturated carbocycles. The number of anilines is 1. The highest BCUT2D eigenvalue weighted by Crippen LogP contribution is 2.32. The number of halogens is 1. The molecular weight excluding hydrogens is 428 g/mol. The number of rotatable bonds is 5. The van der Waals surface area contributed by atoms with Crippen LogP contribution in [0.3, 0.4) is 0 Å².